The summed E-state index contributed by atoms with van der Waals surface area (Å²) >= 11 is 1.77. The highest BCUT2D eigenvalue weighted by Gasteiger charge is 2.17. The molecule has 3 nitrogen and oxygen atoms in total. The number of carbonyl (C=O) groups excluding carboxylic acids is 1. The first-order valence-corrected chi connectivity index (χ1v) is 7.00. The third-order valence-corrected chi connectivity index (χ3v) is 4.47. The lowest BCUT2D eigenvalue weighted by molar-refractivity contribution is -0.122. The smallest absolute Gasteiger partial charge is 0.220 e. The van der Waals surface area contributed by atoms with Gasteiger partial charge in [-0.3, -0.25) is 4.79 Å². The number of rotatable bonds is 4. The van der Waals surface area contributed by atoms with Crippen LogP contribution in [-0.4, -0.2) is 19.0 Å². The lowest BCUT2D eigenvalue weighted by Crippen LogP contribution is -2.25. The molecule has 1 aliphatic rings. The average molecular weight is 252 g/mol. The van der Waals surface area contributed by atoms with E-state index < -0.39 is 0 Å². The fourth-order valence-electron chi connectivity index (χ4n) is 2.15. The van der Waals surface area contributed by atoms with Gasteiger partial charge in [0.2, 0.25) is 5.91 Å². The summed E-state index contributed by atoms with van der Waals surface area (Å²) < 4.78 is 0. The van der Waals surface area contributed by atoms with Gasteiger partial charge in [-0.1, -0.05) is 0 Å². The Morgan fingerprint density at radius 2 is 2.41 bits per heavy atom. The summed E-state index contributed by atoms with van der Waals surface area (Å²) in [5, 5.41) is 6.29. The summed E-state index contributed by atoms with van der Waals surface area (Å²) in [5.41, 5.74) is 1.32. The second kappa shape index (κ2) is 5.65. The van der Waals surface area contributed by atoms with Crippen molar-refractivity contribution in [3.63, 3.8) is 0 Å². The first-order chi connectivity index (χ1) is 8.15. The number of amides is 1. The third-order valence-electron chi connectivity index (χ3n) is 3.31. The van der Waals surface area contributed by atoms with E-state index in [1.165, 1.54) is 15.3 Å². The molecule has 1 aromatic rings. The van der Waals surface area contributed by atoms with Crippen LogP contribution in [0.5, 0.6) is 0 Å². The Bertz CT molecular complexity index is 375. The van der Waals surface area contributed by atoms with Crippen molar-refractivity contribution in [2.75, 3.05) is 13.1 Å². The van der Waals surface area contributed by atoms with E-state index in [1.807, 2.05) is 0 Å². The number of thiophene rings is 1. The van der Waals surface area contributed by atoms with Crippen molar-refractivity contribution >= 4 is 17.2 Å². The molecule has 0 aromatic carbocycles. The summed E-state index contributed by atoms with van der Waals surface area (Å²) in [6.45, 7) is 6.96. The number of nitrogens with one attached hydrogen (secondary N) is 2. The van der Waals surface area contributed by atoms with Crippen molar-refractivity contribution < 1.29 is 4.79 Å². The molecule has 1 amide bonds. The van der Waals surface area contributed by atoms with Crippen LogP contribution in [0, 0.1) is 19.8 Å². The maximum atomic E-state index is 11.7. The Labute approximate surface area is 107 Å². The van der Waals surface area contributed by atoms with E-state index in [4.69, 9.17) is 0 Å². The van der Waals surface area contributed by atoms with Gasteiger partial charge in [-0.2, -0.15) is 0 Å². The van der Waals surface area contributed by atoms with Crippen molar-refractivity contribution in [2.24, 2.45) is 5.92 Å². The van der Waals surface area contributed by atoms with Gasteiger partial charge in [0.05, 0.1) is 6.54 Å². The van der Waals surface area contributed by atoms with E-state index in [2.05, 4.69) is 30.5 Å². The normalized spacial score (nSPS) is 19.5. The topological polar surface area (TPSA) is 41.1 Å². The van der Waals surface area contributed by atoms with Crippen LogP contribution in [-0.2, 0) is 11.3 Å². The number of carbonyl (C=O) groups is 1. The molecule has 1 aliphatic heterocycles. The maximum Gasteiger partial charge on any atom is 0.220 e. The van der Waals surface area contributed by atoms with Crippen LogP contribution < -0.4 is 10.6 Å². The minimum absolute atomic E-state index is 0.183. The van der Waals surface area contributed by atoms with Gasteiger partial charge in [-0.05, 0) is 50.9 Å². The van der Waals surface area contributed by atoms with Crippen molar-refractivity contribution in [2.45, 2.75) is 33.2 Å². The third kappa shape index (κ3) is 3.54. The molecule has 1 fully saturated rings. The number of hydrogen-bond donors (Lipinski definition) is 2. The molecule has 17 heavy (non-hydrogen) atoms. The van der Waals surface area contributed by atoms with Crippen LogP contribution in [0.3, 0.4) is 0 Å². The highest BCUT2D eigenvalue weighted by Crippen LogP contribution is 2.20. The Balaban J connectivity index is 1.75. The summed E-state index contributed by atoms with van der Waals surface area (Å²) in [6.07, 6.45) is 1.79. The molecule has 2 rings (SSSR count). The molecule has 2 heterocycles. The van der Waals surface area contributed by atoms with E-state index in [0.717, 1.165) is 19.5 Å². The van der Waals surface area contributed by atoms with E-state index in [0.29, 0.717) is 18.9 Å². The Kier molecular flexibility index (Phi) is 4.18. The summed E-state index contributed by atoms with van der Waals surface area (Å²) in [5.74, 6) is 0.712. The molecule has 2 N–H and O–H groups in total. The molecule has 1 saturated heterocycles. The lowest BCUT2D eigenvalue weighted by atomic mass is 10.0. The molecular weight excluding hydrogens is 232 g/mol. The average Bonchev–Trinajstić information content (AvgIpc) is 2.87. The molecule has 0 saturated carbocycles. The standard InChI is InChI=1S/C13H20N2OS/c1-9-5-12(17-10(9)2)8-15-13(16)6-11-3-4-14-7-11/h5,11,14H,3-4,6-8H2,1-2H3,(H,15,16). The van der Waals surface area contributed by atoms with Crippen LogP contribution in [0.2, 0.25) is 0 Å². The van der Waals surface area contributed by atoms with Gasteiger partial charge < -0.3 is 10.6 Å². The van der Waals surface area contributed by atoms with Crippen LogP contribution in [0.1, 0.15) is 28.2 Å². The van der Waals surface area contributed by atoms with Crippen LogP contribution >= 0.6 is 11.3 Å². The zero-order valence-electron chi connectivity index (χ0n) is 10.5. The molecule has 1 atom stereocenters. The van der Waals surface area contributed by atoms with Crippen LogP contribution in [0.15, 0.2) is 6.07 Å². The zero-order chi connectivity index (χ0) is 12.3. The highest BCUT2D eigenvalue weighted by molar-refractivity contribution is 7.12. The van der Waals surface area contributed by atoms with Gasteiger partial charge in [0.1, 0.15) is 0 Å². The van der Waals surface area contributed by atoms with Gasteiger partial charge >= 0.3 is 0 Å². The molecule has 4 heteroatoms. The zero-order valence-corrected chi connectivity index (χ0v) is 11.3. The second-order valence-electron chi connectivity index (χ2n) is 4.79. The van der Waals surface area contributed by atoms with Crippen LogP contribution in [0.25, 0.3) is 0 Å². The van der Waals surface area contributed by atoms with Gasteiger partial charge in [0.15, 0.2) is 0 Å². The fraction of sp³-hybridized carbons (Fsp3) is 0.615. The van der Waals surface area contributed by atoms with Gasteiger partial charge in [-0.15, -0.1) is 11.3 Å². The second-order valence-corrected chi connectivity index (χ2v) is 6.13. The van der Waals surface area contributed by atoms with Crippen molar-refractivity contribution in [3.8, 4) is 0 Å². The first kappa shape index (κ1) is 12.6. The SMILES string of the molecule is Cc1cc(CNC(=O)CC2CCNC2)sc1C. The largest absolute Gasteiger partial charge is 0.351 e. The quantitative estimate of drug-likeness (QED) is 0.860. The van der Waals surface area contributed by atoms with Crippen molar-refractivity contribution in [3.05, 3.63) is 21.4 Å². The molecule has 0 aliphatic carbocycles. The Morgan fingerprint density at radius 3 is 3.00 bits per heavy atom. The number of hydrogen-bond acceptors (Lipinski definition) is 3. The maximum absolute atomic E-state index is 11.7. The van der Waals surface area contributed by atoms with Gasteiger partial charge in [0, 0.05) is 16.2 Å². The monoisotopic (exact) mass is 252 g/mol. The Morgan fingerprint density at radius 1 is 1.59 bits per heavy atom. The fourth-order valence-corrected chi connectivity index (χ4v) is 3.14. The minimum Gasteiger partial charge on any atom is -0.351 e. The molecule has 0 radical (unpaired) electrons. The van der Waals surface area contributed by atoms with E-state index >= 15 is 0 Å². The van der Waals surface area contributed by atoms with Crippen molar-refractivity contribution in [1.29, 1.82) is 0 Å². The van der Waals surface area contributed by atoms with Crippen molar-refractivity contribution in [1.82, 2.24) is 10.6 Å². The molecular formula is C13H20N2OS. The van der Waals surface area contributed by atoms with Crippen LogP contribution in [0.4, 0.5) is 0 Å². The molecule has 0 bridgehead atoms. The summed E-state index contributed by atoms with van der Waals surface area (Å²) in [6, 6.07) is 2.16. The van der Waals surface area contributed by atoms with E-state index in [1.54, 1.807) is 11.3 Å². The minimum atomic E-state index is 0.183. The number of aryl methyl sites for hydroxylation is 2. The first-order valence-electron chi connectivity index (χ1n) is 6.18. The highest BCUT2D eigenvalue weighted by atomic mass is 32.1. The summed E-state index contributed by atoms with van der Waals surface area (Å²) in [7, 11) is 0. The molecule has 94 valence electrons. The van der Waals surface area contributed by atoms with E-state index in [-0.39, 0.29) is 5.91 Å². The lowest BCUT2D eigenvalue weighted by Gasteiger charge is -2.08. The molecule has 1 unspecified atom stereocenters. The predicted octanol–water partition coefficient (Wildman–Crippen LogP) is 1.98. The summed E-state index contributed by atoms with van der Waals surface area (Å²) in [4.78, 5) is 14.3. The predicted molar refractivity (Wildman–Crippen MR) is 71.2 cm³/mol. The van der Waals surface area contributed by atoms with Gasteiger partial charge in [0.25, 0.3) is 0 Å². The molecule has 0 spiro atoms. The van der Waals surface area contributed by atoms with Gasteiger partial charge in [-0.25, -0.2) is 0 Å². The Hall–Kier alpha value is -0.870. The molecule has 1 aromatic heterocycles. The van der Waals surface area contributed by atoms with E-state index in [9.17, 15) is 4.79 Å².